The molecular formula is C17H36BrNO3. The molecule has 0 aliphatic rings. The molecule has 0 fully saturated rings. The molecule has 22 heavy (non-hydrogen) atoms. The van der Waals surface area contributed by atoms with Gasteiger partial charge in [-0.3, -0.25) is 4.48 Å². The van der Waals surface area contributed by atoms with Crippen LogP contribution >= 0.6 is 0 Å². The highest BCUT2D eigenvalue weighted by Crippen LogP contribution is 2.12. The summed E-state index contributed by atoms with van der Waals surface area (Å²) in [4.78, 5) is 11.7. The van der Waals surface area contributed by atoms with E-state index in [1.807, 2.05) is 21.1 Å². The molecule has 0 bridgehead atoms. The monoisotopic (exact) mass is 381 g/mol. The lowest BCUT2D eigenvalue weighted by molar-refractivity contribution is -1.41. The number of amides is 1. The molecule has 0 saturated heterocycles. The van der Waals surface area contributed by atoms with Crippen LogP contribution in [0.1, 0.15) is 84.0 Å². The SMILES string of the molecule is CCCCCCCCCCCCCC(=O)[N+](C)(C)C.[O-][Br+][O-]. The smallest absolute Gasteiger partial charge is 0.313 e. The summed E-state index contributed by atoms with van der Waals surface area (Å²) in [6.45, 7) is 2.27. The van der Waals surface area contributed by atoms with Crippen molar-refractivity contribution in [1.82, 2.24) is 0 Å². The largest absolute Gasteiger partial charge is 0.585 e. The first-order chi connectivity index (χ1) is 10.4. The summed E-state index contributed by atoms with van der Waals surface area (Å²) < 4.78 is 17.3. The van der Waals surface area contributed by atoms with Crippen LogP contribution in [0.3, 0.4) is 0 Å². The Morgan fingerprint density at radius 1 is 0.773 bits per heavy atom. The van der Waals surface area contributed by atoms with E-state index < -0.39 is 15.5 Å². The van der Waals surface area contributed by atoms with Gasteiger partial charge < -0.3 is 8.40 Å². The van der Waals surface area contributed by atoms with Gasteiger partial charge in [0.15, 0.2) is 15.5 Å². The second kappa shape index (κ2) is 17.4. The predicted octanol–water partition coefficient (Wildman–Crippen LogP) is 2.54. The molecule has 0 spiro atoms. The molecule has 134 valence electrons. The first kappa shape index (κ1) is 24.3. The maximum atomic E-state index is 11.7. The minimum absolute atomic E-state index is 0.357. The standard InChI is InChI=1S/C17H36NO.BrO2/c1-5-6-7-8-9-10-11-12-13-14-15-16-17(19)18(2,3)4;2-1-3/h5-16H2,1-4H3;/q+1;-1. The van der Waals surface area contributed by atoms with Gasteiger partial charge in [0.1, 0.15) is 0 Å². The van der Waals surface area contributed by atoms with Crippen LogP contribution in [0.15, 0.2) is 0 Å². The Balaban J connectivity index is 0. The maximum Gasteiger partial charge on any atom is 0.313 e. The molecule has 0 N–H and O–H groups in total. The summed E-state index contributed by atoms with van der Waals surface area (Å²) in [6.07, 6.45) is 15.5. The molecule has 4 nitrogen and oxygen atoms in total. The lowest BCUT2D eigenvalue weighted by atomic mass is 10.1. The van der Waals surface area contributed by atoms with Crippen LogP contribution in [-0.2, 0) is 4.79 Å². The van der Waals surface area contributed by atoms with E-state index in [0.717, 1.165) is 12.8 Å². The number of carbonyl (C=O) groups excluding carboxylic acids is 1. The van der Waals surface area contributed by atoms with Crippen LogP contribution in [0.4, 0.5) is 0 Å². The van der Waals surface area contributed by atoms with Gasteiger partial charge in [-0.05, 0) is 6.42 Å². The summed E-state index contributed by atoms with van der Waals surface area (Å²) >= 11 is -1.44. The second-order valence-electron chi connectivity index (χ2n) is 6.75. The van der Waals surface area contributed by atoms with E-state index >= 15 is 0 Å². The Hall–Kier alpha value is 0.0300. The topological polar surface area (TPSA) is 63.2 Å². The number of hydrogen-bond acceptors (Lipinski definition) is 3. The summed E-state index contributed by atoms with van der Waals surface area (Å²) in [5.41, 5.74) is 0. The lowest BCUT2D eigenvalue weighted by Gasteiger charge is -2.20. The van der Waals surface area contributed by atoms with E-state index in [0.29, 0.717) is 10.4 Å². The molecule has 0 atom stereocenters. The minimum atomic E-state index is -1.44. The molecule has 0 saturated carbocycles. The van der Waals surface area contributed by atoms with E-state index in [-0.39, 0.29) is 0 Å². The van der Waals surface area contributed by atoms with E-state index in [9.17, 15) is 4.79 Å². The van der Waals surface area contributed by atoms with Crippen molar-refractivity contribution in [1.29, 1.82) is 0 Å². The first-order valence-corrected chi connectivity index (χ1v) is 9.93. The fraction of sp³-hybridized carbons (Fsp3) is 0.941. The Morgan fingerprint density at radius 2 is 1.09 bits per heavy atom. The molecule has 0 aromatic heterocycles. The Morgan fingerprint density at radius 3 is 1.41 bits per heavy atom. The molecule has 0 aromatic carbocycles. The van der Waals surface area contributed by atoms with Gasteiger partial charge in [-0.2, -0.15) is 0 Å². The Bertz CT molecular complexity index is 243. The van der Waals surface area contributed by atoms with Gasteiger partial charge in [0.05, 0.1) is 27.6 Å². The number of unbranched alkanes of at least 4 members (excludes halogenated alkanes) is 10. The van der Waals surface area contributed by atoms with E-state index in [1.165, 1.54) is 64.2 Å². The quantitative estimate of drug-likeness (QED) is 0.385. The fourth-order valence-electron chi connectivity index (χ4n) is 2.28. The number of nitrogens with zero attached hydrogens (tertiary/aromatic N) is 1. The minimum Gasteiger partial charge on any atom is -0.585 e. The number of halogens is 1. The molecule has 0 aliphatic heterocycles. The maximum absolute atomic E-state index is 11.7. The van der Waals surface area contributed by atoms with Gasteiger partial charge in [-0.15, -0.1) is 0 Å². The lowest BCUT2D eigenvalue weighted by Crippen LogP contribution is -2.40. The van der Waals surface area contributed by atoms with Crippen molar-refractivity contribution in [2.45, 2.75) is 84.0 Å². The average molecular weight is 382 g/mol. The number of carbonyl (C=O) groups is 1. The highest BCUT2D eigenvalue weighted by atomic mass is 79.9. The zero-order valence-corrected chi connectivity index (χ0v) is 16.6. The Kier molecular flexibility index (Phi) is 19.2. The van der Waals surface area contributed by atoms with Crippen LogP contribution in [0.5, 0.6) is 0 Å². The molecule has 0 rings (SSSR count). The summed E-state index contributed by atoms with van der Waals surface area (Å²) in [5, 5.41) is 0. The van der Waals surface area contributed by atoms with E-state index in [1.54, 1.807) is 0 Å². The third-order valence-electron chi connectivity index (χ3n) is 3.74. The highest BCUT2D eigenvalue weighted by Gasteiger charge is 2.18. The number of quaternary nitrogens is 1. The van der Waals surface area contributed by atoms with Gasteiger partial charge in [0.2, 0.25) is 0 Å². The van der Waals surface area contributed by atoms with Crippen molar-refractivity contribution < 1.29 is 33.2 Å². The molecule has 0 aromatic rings. The average Bonchev–Trinajstić information content (AvgIpc) is 2.44. The van der Waals surface area contributed by atoms with Crippen molar-refractivity contribution in [3.8, 4) is 0 Å². The number of rotatable bonds is 12. The van der Waals surface area contributed by atoms with Crippen LogP contribution in [0, 0.1) is 15.5 Å². The molecular weight excluding hydrogens is 346 g/mol. The fourth-order valence-corrected chi connectivity index (χ4v) is 2.28. The van der Waals surface area contributed by atoms with Crippen LogP contribution in [0.2, 0.25) is 0 Å². The summed E-state index contributed by atoms with van der Waals surface area (Å²) in [5.74, 6) is 0.357. The Labute approximate surface area is 144 Å². The normalized spacial score (nSPS) is 11.0. The third kappa shape index (κ3) is 20.0. The van der Waals surface area contributed by atoms with Crippen LogP contribution in [-0.4, -0.2) is 31.5 Å². The van der Waals surface area contributed by atoms with Crippen LogP contribution < -0.4 is 8.40 Å². The van der Waals surface area contributed by atoms with Crippen molar-refractivity contribution in [3.63, 3.8) is 0 Å². The zero-order chi connectivity index (χ0) is 17.3. The molecule has 0 heterocycles. The zero-order valence-electron chi connectivity index (χ0n) is 15.0. The van der Waals surface area contributed by atoms with Gasteiger partial charge in [0, 0.05) is 0 Å². The highest BCUT2D eigenvalue weighted by molar-refractivity contribution is 5.68. The van der Waals surface area contributed by atoms with Crippen molar-refractivity contribution in [3.05, 3.63) is 0 Å². The van der Waals surface area contributed by atoms with E-state index in [2.05, 4.69) is 6.92 Å². The van der Waals surface area contributed by atoms with Crippen molar-refractivity contribution in [2.75, 3.05) is 21.1 Å². The molecule has 0 radical (unpaired) electrons. The van der Waals surface area contributed by atoms with Crippen LogP contribution in [0.25, 0.3) is 0 Å². The first-order valence-electron chi connectivity index (χ1n) is 8.64. The van der Waals surface area contributed by atoms with Gasteiger partial charge in [0.25, 0.3) is 0 Å². The van der Waals surface area contributed by atoms with Crippen molar-refractivity contribution in [2.24, 2.45) is 0 Å². The molecule has 0 unspecified atom stereocenters. The van der Waals surface area contributed by atoms with Crippen molar-refractivity contribution >= 4 is 5.91 Å². The van der Waals surface area contributed by atoms with Gasteiger partial charge in [-0.1, -0.05) is 71.1 Å². The molecule has 0 aliphatic carbocycles. The van der Waals surface area contributed by atoms with E-state index in [4.69, 9.17) is 8.40 Å². The second-order valence-corrected chi connectivity index (χ2v) is 7.02. The van der Waals surface area contributed by atoms with Gasteiger partial charge >= 0.3 is 5.91 Å². The molecule has 5 heteroatoms. The summed E-state index contributed by atoms with van der Waals surface area (Å²) in [6, 6.07) is 0. The van der Waals surface area contributed by atoms with Gasteiger partial charge in [-0.25, -0.2) is 4.79 Å². The summed E-state index contributed by atoms with van der Waals surface area (Å²) in [7, 11) is 5.88. The third-order valence-corrected chi connectivity index (χ3v) is 3.74. The molecule has 1 amide bonds. The number of hydrogen-bond donors (Lipinski definition) is 0. The predicted molar refractivity (Wildman–Crippen MR) is 84.1 cm³/mol.